The monoisotopic (exact) mass is 366 g/mol. The zero-order valence-electron chi connectivity index (χ0n) is 17.5. The average Bonchev–Trinajstić information content (AvgIpc) is 2.56. The molecule has 2 nitrogen and oxygen atoms in total. The molecule has 1 atom stereocenters. The molecule has 0 heterocycles. The van der Waals surface area contributed by atoms with E-state index in [1.807, 2.05) is 0 Å². The molecule has 1 unspecified atom stereocenters. The summed E-state index contributed by atoms with van der Waals surface area (Å²) in [6.45, 7) is 9.03. The molecule has 0 saturated heterocycles. The molecule has 0 radical (unpaired) electrons. The Bertz CT molecular complexity index is 380. The Morgan fingerprint density at radius 1 is 0.880 bits per heavy atom. The first-order chi connectivity index (χ1) is 11.9. The number of unbranched alkanes of at least 4 members (excludes halogenated alkanes) is 7. The van der Waals surface area contributed by atoms with Crippen LogP contribution in [0.15, 0.2) is 24.3 Å². The molecule has 3 heteroatoms. The Morgan fingerprint density at radius 3 is 1.96 bits per heavy atom. The molecule has 0 aliphatic carbocycles. The standard InChI is InChI=1S/C22H42O2Si/c1-6-7-8-9-10-11-12-13-14-15-16-17-18-19-20-21(22(23)24-2)25(3,4)5/h10-11,13-14,21H,6-9,12,15-20H2,1-5H3/b11-10+,14-13-. The molecule has 0 aromatic heterocycles. The number of carbonyl (C=O) groups excluding carboxylic acids is 1. The summed E-state index contributed by atoms with van der Waals surface area (Å²) in [6.07, 6.45) is 22.5. The fourth-order valence-electron chi connectivity index (χ4n) is 3.03. The highest BCUT2D eigenvalue weighted by atomic mass is 28.3. The van der Waals surface area contributed by atoms with Gasteiger partial charge in [-0.3, -0.25) is 4.79 Å². The Balaban J connectivity index is 3.66. The van der Waals surface area contributed by atoms with Gasteiger partial charge in [-0.25, -0.2) is 0 Å². The van der Waals surface area contributed by atoms with Gasteiger partial charge in [0, 0.05) is 0 Å². The van der Waals surface area contributed by atoms with Gasteiger partial charge in [0.1, 0.15) is 0 Å². The van der Waals surface area contributed by atoms with Crippen LogP contribution in [-0.2, 0) is 9.53 Å². The fraction of sp³-hybridized carbons (Fsp3) is 0.773. The average molecular weight is 367 g/mol. The van der Waals surface area contributed by atoms with E-state index in [0.29, 0.717) is 0 Å². The van der Waals surface area contributed by atoms with E-state index in [1.54, 1.807) is 0 Å². The van der Waals surface area contributed by atoms with Crippen LogP contribution in [0, 0.1) is 0 Å². The maximum Gasteiger partial charge on any atom is 0.305 e. The van der Waals surface area contributed by atoms with Crippen LogP contribution in [0.2, 0.25) is 25.2 Å². The van der Waals surface area contributed by atoms with Crippen LogP contribution in [0.5, 0.6) is 0 Å². The van der Waals surface area contributed by atoms with Crippen LogP contribution in [0.4, 0.5) is 0 Å². The lowest BCUT2D eigenvalue weighted by Gasteiger charge is -2.26. The molecular formula is C22H42O2Si. The van der Waals surface area contributed by atoms with E-state index in [2.05, 4.69) is 50.9 Å². The molecule has 0 fully saturated rings. The predicted molar refractivity (Wildman–Crippen MR) is 114 cm³/mol. The molecule has 0 rings (SSSR count). The highest BCUT2D eigenvalue weighted by Gasteiger charge is 2.33. The lowest BCUT2D eigenvalue weighted by molar-refractivity contribution is -0.140. The summed E-state index contributed by atoms with van der Waals surface area (Å²) >= 11 is 0. The van der Waals surface area contributed by atoms with Crippen molar-refractivity contribution < 1.29 is 9.53 Å². The van der Waals surface area contributed by atoms with E-state index in [1.165, 1.54) is 58.5 Å². The number of allylic oxidation sites excluding steroid dienone is 4. The summed E-state index contributed by atoms with van der Waals surface area (Å²) in [5, 5.41) is 0. The molecule has 0 aromatic rings. The third kappa shape index (κ3) is 14.1. The number of hydrogen-bond donors (Lipinski definition) is 0. The highest BCUT2D eigenvalue weighted by molar-refractivity contribution is 6.80. The van der Waals surface area contributed by atoms with Crippen LogP contribution >= 0.6 is 0 Å². The maximum absolute atomic E-state index is 11.9. The summed E-state index contributed by atoms with van der Waals surface area (Å²) in [6, 6.07) is 0. The fourth-order valence-corrected chi connectivity index (χ4v) is 4.92. The molecule has 25 heavy (non-hydrogen) atoms. The third-order valence-electron chi connectivity index (χ3n) is 4.72. The lowest BCUT2D eigenvalue weighted by Crippen LogP contribution is -2.34. The number of ether oxygens (including phenoxy) is 1. The molecule has 0 amide bonds. The van der Waals surface area contributed by atoms with Crippen molar-refractivity contribution in [1.82, 2.24) is 0 Å². The van der Waals surface area contributed by atoms with Gasteiger partial charge in [0.15, 0.2) is 0 Å². The number of methoxy groups -OCH3 is 1. The molecule has 0 bridgehead atoms. The lowest BCUT2D eigenvalue weighted by atomic mass is 10.1. The van der Waals surface area contributed by atoms with Gasteiger partial charge in [-0.05, 0) is 38.5 Å². The van der Waals surface area contributed by atoms with Gasteiger partial charge in [0.2, 0.25) is 0 Å². The van der Waals surface area contributed by atoms with Crippen molar-refractivity contribution in [1.29, 1.82) is 0 Å². The van der Waals surface area contributed by atoms with Crippen molar-refractivity contribution in [2.45, 2.75) is 103 Å². The number of hydrogen-bond acceptors (Lipinski definition) is 2. The van der Waals surface area contributed by atoms with Gasteiger partial charge < -0.3 is 4.74 Å². The van der Waals surface area contributed by atoms with E-state index < -0.39 is 8.07 Å². The first-order valence-electron chi connectivity index (χ1n) is 10.3. The van der Waals surface area contributed by atoms with Gasteiger partial charge in [-0.2, -0.15) is 0 Å². The van der Waals surface area contributed by atoms with Crippen molar-refractivity contribution in [3.63, 3.8) is 0 Å². The topological polar surface area (TPSA) is 26.3 Å². The van der Waals surface area contributed by atoms with Gasteiger partial charge in [-0.15, -0.1) is 0 Å². The number of rotatable bonds is 15. The second kappa shape index (κ2) is 15.4. The highest BCUT2D eigenvalue weighted by Crippen LogP contribution is 2.29. The van der Waals surface area contributed by atoms with Crippen molar-refractivity contribution in [2.75, 3.05) is 7.11 Å². The van der Waals surface area contributed by atoms with E-state index in [4.69, 9.17) is 4.74 Å². The van der Waals surface area contributed by atoms with E-state index in [0.717, 1.165) is 19.3 Å². The van der Waals surface area contributed by atoms with Crippen molar-refractivity contribution in [3.8, 4) is 0 Å². The van der Waals surface area contributed by atoms with Crippen molar-refractivity contribution >= 4 is 14.0 Å². The Hall–Kier alpha value is -0.833. The minimum atomic E-state index is -1.47. The SMILES string of the molecule is CCCCC/C=C/C/C=C\CCCCCCC(C(=O)OC)[Si](C)(C)C. The van der Waals surface area contributed by atoms with Crippen LogP contribution in [0.1, 0.15) is 77.6 Å². The maximum atomic E-state index is 11.9. The number of carbonyl (C=O) groups is 1. The summed E-state index contributed by atoms with van der Waals surface area (Å²) in [5.74, 6) is 0.00449. The van der Waals surface area contributed by atoms with Crippen molar-refractivity contribution in [3.05, 3.63) is 24.3 Å². The summed E-state index contributed by atoms with van der Waals surface area (Å²) in [5.41, 5.74) is 0.154. The zero-order valence-corrected chi connectivity index (χ0v) is 18.5. The quantitative estimate of drug-likeness (QED) is 0.132. The summed E-state index contributed by atoms with van der Waals surface area (Å²) in [7, 11) is 0.0482. The Morgan fingerprint density at radius 2 is 1.44 bits per heavy atom. The molecule has 146 valence electrons. The minimum Gasteiger partial charge on any atom is -0.469 e. The largest absolute Gasteiger partial charge is 0.469 e. The van der Waals surface area contributed by atoms with Gasteiger partial charge in [-0.1, -0.05) is 83.0 Å². The Kier molecular flexibility index (Phi) is 14.9. The first kappa shape index (κ1) is 24.2. The molecular weight excluding hydrogens is 324 g/mol. The molecule has 0 aliphatic rings. The predicted octanol–water partition coefficient (Wildman–Crippen LogP) is 7.29. The normalized spacial score (nSPS) is 13.6. The second-order valence-corrected chi connectivity index (χ2v) is 13.5. The van der Waals surface area contributed by atoms with Crippen LogP contribution in [0.3, 0.4) is 0 Å². The first-order valence-corrected chi connectivity index (χ1v) is 13.9. The van der Waals surface area contributed by atoms with Gasteiger partial charge in [0.05, 0.1) is 20.7 Å². The third-order valence-corrected chi connectivity index (χ3v) is 7.34. The second-order valence-electron chi connectivity index (χ2n) is 8.11. The van der Waals surface area contributed by atoms with E-state index >= 15 is 0 Å². The molecule has 0 aliphatic heterocycles. The zero-order chi connectivity index (χ0) is 19.0. The smallest absolute Gasteiger partial charge is 0.305 e. The Labute approximate surface area is 158 Å². The van der Waals surface area contributed by atoms with Gasteiger partial charge >= 0.3 is 5.97 Å². The van der Waals surface area contributed by atoms with Crippen molar-refractivity contribution in [2.24, 2.45) is 0 Å². The summed E-state index contributed by atoms with van der Waals surface area (Å²) < 4.78 is 4.99. The van der Waals surface area contributed by atoms with Crippen LogP contribution in [-0.4, -0.2) is 21.2 Å². The van der Waals surface area contributed by atoms with Crippen LogP contribution in [0.25, 0.3) is 0 Å². The molecule has 0 saturated carbocycles. The molecule has 0 N–H and O–H groups in total. The molecule has 0 spiro atoms. The molecule has 0 aromatic carbocycles. The minimum absolute atomic E-state index is 0.00449. The summed E-state index contributed by atoms with van der Waals surface area (Å²) in [4.78, 5) is 11.9. The van der Waals surface area contributed by atoms with E-state index in [-0.39, 0.29) is 11.5 Å². The van der Waals surface area contributed by atoms with Crippen LogP contribution < -0.4 is 0 Å². The van der Waals surface area contributed by atoms with Gasteiger partial charge in [0.25, 0.3) is 0 Å². The number of esters is 1. The van der Waals surface area contributed by atoms with E-state index in [9.17, 15) is 4.79 Å².